The van der Waals surface area contributed by atoms with Crippen LogP contribution in [0.15, 0.2) is 28.9 Å². The van der Waals surface area contributed by atoms with Crippen LogP contribution in [0.4, 0.5) is 11.9 Å². The van der Waals surface area contributed by atoms with Gasteiger partial charge in [-0.2, -0.15) is 15.0 Å². The fourth-order valence-corrected chi connectivity index (χ4v) is 2.44. The van der Waals surface area contributed by atoms with Crippen LogP contribution >= 0.6 is 0 Å². The van der Waals surface area contributed by atoms with Crippen molar-refractivity contribution in [2.75, 3.05) is 30.3 Å². The zero-order valence-electron chi connectivity index (χ0n) is 14.3. The minimum atomic E-state index is 0.184. The lowest BCUT2D eigenvalue weighted by Gasteiger charge is -2.26. The Kier molecular flexibility index (Phi) is 7.20. The molecule has 1 aliphatic heterocycles. The molecule has 1 aromatic heterocycles. The number of aromatic nitrogens is 3. The maximum atomic E-state index is 5.79. The van der Waals surface area contributed by atoms with E-state index in [-0.39, 0.29) is 12.0 Å². The number of hydrogen-bond acceptors (Lipinski definition) is 7. The molecule has 7 heteroatoms. The Bertz CT molecular complexity index is 593. The van der Waals surface area contributed by atoms with E-state index in [1.54, 1.807) is 0 Å². The third kappa shape index (κ3) is 5.64. The highest BCUT2D eigenvalue weighted by molar-refractivity contribution is 5.36. The van der Waals surface area contributed by atoms with Gasteiger partial charge < -0.3 is 15.4 Å². The van der Waals surface area contributed by atoms with E-state index in [0.717, 1.165) is 38.0 Å². The minimum Gasteiger partial charge on any atom is -0.463 e. The summed E-state index contributed by atoms with van der Waals surface area (Å²) >= 11 is 0. The molecule has 0 aromatic carbocycles. The van der Waals surface area contributed by atoms with Gasteiger partial charge >= 0.3 is 6.01 Å². The van der Waals surface area contributed by atoms with Crippen LogP contribution in [0.25, 0.3) is 0 Å². The molecule has 130 valence electrons. The molecule has 0 unspecified atom stereocenters. The van der Waals surface area contributed by atoms with Gasteiger partial charge in [-0.1, -0.05) is 19.1 Å². The first kappa shape index (κ1) is 17.9. The maximum absolute atomic E-state index is 5.79. The summed E-state index contributed by atoms with van der Waals surface area (Å²) in [6.45, 7) is 7.96. The minimum absolute atomic E-state index is 0.184. The molecule has 0 amide bonds. The molecular formula is C17H26N6O. The van der Waals surface area contributed by atoms with Crippen LogP contribution in [0.2, 0.25) is 0 Å². The van der Waals surface area contributed by atoms with E-state index in [2.05, 4.69) is 44.6 Å². The molecule has 2 N–H and O–H groups in total. The number of piperidine rings is 1. The van der Waals surface area contributed by atoms with Crippen molar-refractivity contribution in [2.45, 2.75) is 39.0 Å². The smallest absolute Gasteiger partial charge is 0.323 e. The molecule has 0 saturated carbocycles. The van der Waals surface area contributed by atoms with Gasteiger partial charge in [0.1, 0.15) is 0 Å². The number of anilines is 2. The van der Waals surface area contributed by atoms with Gasteiger partial charge in [0, 0.05) is 25.2 Å². The SMILES string of the molecule is C=N/C(=C\C=C/CC)CCOc1nc(N)nc(N2CCCCC2)n1. The second-order valence-corrected chi connectivity index (χ2v) is 5.57. The molecule has 1 fully saturated rings. The molecule has 1 aromatic rings. The first-order valence-corrected chi connectivity index (χ1v) is 8.44. The largest absolute Gasteiger partial charge is 0.463 e. The van der Waals surface area contributed by atoms with Crippen LogP contribution in [0.5, 0.6) is 6.01 Å². The first-order chi connectivity index (χ1) is 11.7. The summed E-state index contributed by atoms with van der Waals surface area (Å²) in [5.41, 5.74) is 6.65. The lowest BCUT2D eigenvalue weighted by Crippen LogP contribution is -2.31. The Labute approximate surface area is 143 Å². The van der Waals surface area contributed by atoms with E-state index >= 15 is 0 Å². The zero-order valence-corrected chi connectivity index (χ0v) is 14.3. The average Bonchev–Trinajstić information content (AvgIpc) is 2.61. The Morgan fingerprint density at radius 3 is 2.79 bits per heavy atom. The summed E-state index contributed by atoms with van der Waals surface area (Å²) in [5.74, 6) is 0.782. The lowest BCUT2D eigenvalue weighted by atomic mass is 10.1. The standard InChI is InChI=1S/C17H26N6O/c1-3-4-6-9-14(19-2)10-13-24-17-21-15(18)20-16(22-17)23-11-7-5-8-12-23/h4,6,9H,2-3,5,7-8,10-13H2,1H3,(H2,18,20,21,22)/b6-4-,14-9-. The summed E-state index contributed by atoms with van der Waals surface area (Å²) < 4.78 is 5.64. The number of nitrogens with zero attached hydrogens (tertiary/aromatic N) is 5. The quantitative estimate of drug-likeness (QED) is 0.582. The summed E-state index contributed by atoms with van der Waals surface area (Å²) in [6, 6.07) is 0.260. The fourth-order valence-electron chi connectivity index (χ4n) is 2.44. The van der Waals surface area contributed by atoms with Gasteiger partial charge in [-0.25, -0.2) is 0 Å². The van der Waals surface area contributed by atoms with E-state index in [1.807, 2.05) is 12.2 Å². The normalized spacial score (nSPS) is 15.7. The molecular weight excluding hydrogens is 304 g/mol. The maximum Gasteiger partial charge on any atom is 0.323 e. The van der Waals surface area contributed by atoms with E-state index in [0.29, 0.717) is 19.0 Å². The first-order valence-electron chi connectivity index (χ1n) is 8.44. The van der Waals surface area contributed by atoms with Crippen LogP contribution in [0.1, 0.15) is 39.0 Å². The third-order valence-corrected chi connectivity index (χ3v) is 3.71. The molecule has 2 heterocycles. The third-order valence-electron chi connectivity index (χ3n) is 3.71. The van der Waals surface area contributed by atoms with Crippen molar-refractivity contribution in [3.8, 4) is 6.01 Å². The molecule has 1 aliphatic rings. The molecule has 0 atom stereocenters. The lowest BCUT2D eigenvalue weighted by molar-refractivity contribution is 0.295. The Hall–Kier alpha value is -2.44. The highest BCUT2D eigenvalue weighted by Gasteiger charge is 2.16. The van der Waals surface area contributed by atoms with Crippen LogP contribution in [-0.2, 0) is 0 Å². The Morgan fingerprint density at radius 2 is 2.08 bits per heavy atom. The fraction of sp³-hybridized carbons (Fsp3) is 0.529. The van der Waals surface area contributed by atoms with E-state index < -0.39 is 0 Å². The second kappa shape index (κ2) is 9.64. The molecule has 0 bridgehead atoms. The van der Waals surface area contributed by atoms with Crippen LogP contribution in [0.3, 0.4) is 0 Å². The van der Waals surface area contributed by atoms with Crippen LogP contribution < -0.4 is 15.4 Å². The van der Waals surface area contributed by atoms with Gasteiger partial charge in [0.2, 0.25) is 11.9 Å². The number of aliphatic imine (C=N–C) groups is 1. The number of hydrogen-bond donors (Lipinski definition) is 1. The number of rotatable bonds is 8. The van der Waals surface area contributed by atoms with Crippen molar-refractivity contribution in [3.63, 3.8) is 0 Å². The predicted octanol–water partition coefficient (Wildman–Crippen LogP) is 2.76. The number of nitrogens with two attached hydrogens (primary N) is 1. The van der Waals surface area contributed by atoms with E-state index in [1.165, 1.54) is 6.42 Å². The molecule has 24 heavy (non-hydrogen) atoms. The summed E-state index contributed by atoms with van der Waals surface area (Å²) in [4.78, 5) is 18.8. The monoisotopic (exact) mass is 330 g/mol. The van der Waals surface area contributed by atoms with E-state index in [4.69, 9.17) is 10.5 Å². The molecule has 2 rings (SSSR count). The second-order valence-electron chi connectivity index (χ2n) is 5.57. The van der Waals surface area contributed by atoms with Crippen molar-refractivity contribution >= 4 is 18.6 Å². The Morgan fingerprint density at radius 1 is 1.29 bits per heavy atom. The predicted molar refractivity (Wildman–Crippen MR) is 97.5 cm³/mol. The van der Waals surface area contributed by atoms with Crippen molar-refractivity contribution in [3.05, 3.63) is 23.9 Å². The summed E-state index contributed by atoms with van der Waals surface area (Å²) in [5, 5.41) is 0. The Balaban J connectivity index is 1.94. The molecule has 1 saturated heterocycles. The number of nitrogen functional groups attached to an aromatic ring is 1. The topological polar surface area (TPSA) is 89.5 Å². The zero-order chi connectivity index (χ0) is 17.2. The highest BCUT2D eigenvalue weighted by Crippen LogP contribution is 2.18. The highest BCUT2D eigenvalue weighted by atomic mass is 16.5. The van der Waals surface area contributed by atoms with Gasteiger partial charge in [0.15, 0.2) is 0 Å². The molecule has 0 spiro atoms. The van der Waals surface area contributed by atoms with Crippen molar-refractivity contribution in [1.29, 1.82) is 0 Å². The summed E-state index contributed by atoms with van der Waals surface area (Å²) in [7, 11) is 0. The van der Waals surface area contributed by atoms with Gasteiger partial charge in [-0.3, -0.25) is 4.99 Å². The van der Waals surface area contributed by atoms with Crippen molar-refractivity contribution in [1.82, 2.24) is 15.0 Å². The molecule has 0 aliphatic carbocycles. The number of allylic oxidation sites excluding steroid dienone is 3. The van der Waals surface area contributed by atoms with Gasteiger partial charge in [0.25, 0.3) is 0 Å². The molecule has 7 nitrogen and oxygen atoms in total. The molecule has 0 radical (unpaired) electrons. The number of ether oxygens (including phenoxy) is 1. The van der Waals surface area contributed by atoms with Crippen molar-refractivity contribution < 1.29 is 4.74 Å². The van der Waals surface area contributed by atoms with Crippen molar-refractivity contribution in [2.24, 2.45) is 4.99 Å². The van der Waals surface area contributed by atoms with Crippen LogP contribution in [-0.4, -0.2) is 41.4 Å². The van der Waals surface area contributed by atoms with Gasteiger partial charge in [-0.15, -0.1) is 0 Å². The van der Waals surface area contributed by atoms with Crippen LogP contribution in [0, 0.1) is 0 Å². The van der Waals surface area contributed by atoms with Gasteiger partial charge in [-0.05, 0) is 38.5 Å². The van der Waals surface area contributed by atoms with Gasteiger partial charge in [0.05, 0.1) is 6.61 Å². The average molecular weight is 330 g/mol. The summed E-state index contributed by atoms with van der Waals surface area (Å²) in [6.07, 6.45) is 11.1. The van der Waals surface area contributed by atoms with E-state index in [9.17, 15) is 0 Å².